The molecule has 0 unspecified atom stereocenters. The molecule has 188 valence electrons. The number of aromatic nitrogens is 1. The normalized spacial score (nSPS) is 11.7. The van der Waals surface area contributed by atoms with E-state index >= 15 is 0 Å². The summed E-state index contributed by atoms with van der Waals surface area (Å²) in [5, 5.41) is 7.12. The molecule has 0 spiro atoms. The monoisotopic (exact) mass is 497 g/mol. The third-order valence-electron chi connectivity index (χ3n) is 6.27. The van der Waals surface area contributed by atoms with Gasteiger partial charge in [0, 0.05) is 47.3 Å². The molecule has 5 rings (SSSR count). The van der Waals surface area contributed by atoms with Crippen molar-refractivity contribution in [3.63, 3.8) is 0 Å². The molecule has 2 amide bonds. The second kappa shape index (κ2) is 9.24. The number of furan rings is 1. The van der Waals surface area contributed by atoms with Crippen molar-refractivity contribution in [2.24, 2.45) is 5.41 Å². The highest BCUT2D eigenvalue weighted by Crippen LogP contribution is 2.41. The first-order valence-corrected chi connectivity index (χ1v) is 12.1. The molecular formula is C30H28FN3O3. The summed E-state index contributed by atoms with van der Waals surface area (Å²) in [4.78, 5) is 29.2. The van der Waals surface area contributed by atoms with Crippen LogP contribution in [0.15, 0.2) is 71.3 Å². The highest BCUT2D eigenvalue weighted by molar-refractivity contribution is 6.19. The average molecular weight is 498 g/mol. The number of nitrogens with one attached hydrogen (secondary N) is 3. The number of rotatable bonds is 5. The van der Waals surface area contributed by atoms with Crippen LogP contribution >= 0.6 is 0 Å². The molecule has 6 nitrogen and oxygen atoms in total. The Bertz CT molecular complexity index is 1640. The Balaban J connectivity index is 1.69. The number of aromatic amines is 1. The molecular weight excluding hydrogens is 469 g/mol. The molecule has 2 aromatic heterocycles. The lowest BCUT2D eigenvalue weighted by molar-refractivity contribution is 0.0937. The van der Waals surface area contributed by atoms with E-state index in [0.29, 0.717) is 40.0 Å². The molecule has 7 heteroatoms. The number of benzene rings is 3. The summed E-state index contributed by atoms with van der Waals surface area (Å²) in [5.41, 5.74) is 4.51. The van der Waals surface area contributed by atoms with E-state index < -0.39 is 0 Å². The van der Waals surface area contributed by atoms with Crippen LogP contribution in [-0.2, 0) is 0 Å². The molecule has 0 radical (unpaired) electrons. The van der Waals surface area contributed by atoms with Gasteiger partial charge in [-0.05, 0) is 59.5 Å². The number of fused-ring (bicyclic) bond motifs is 3. The maximum Gasteiger partial charge on any atom is 0.255 e. The van der Waals surface area contributed by atoms with Crippen LogP contribution in [-0.4, -0.2) is 30.4 Å². The van der Waals surface area contributed by atoms with Crippen molar-refractivity contribution < 1.29 is 18.4 Å². The molecule has 0 aliphatic heterocycles. The summed E-state index contributed by atoms with van der Waals surface area (Å²) in [6.45, 7) is 6.75. The van der Waals surface area contributed by atoms with Crippen molar-refractivity contribution >= 4 is 33.7 Å². The molecule has 0 bridgehead atoms. The number of carbonyl (C=O) groups excluding carboxylic acids is 2. The highest BCUT2D eigenvalue weighted by atomic mass is 19.1. The summed E-state index contributed by atoms with van der Waals surface area (Å²) in [6.07, 6.45) is 1.81. The minimum Gasteiger partial charge on any atom is -0.454 e. The predicted molar refractivity (Wildman–Crippen MR) is 144 cm³/mol. The molecule has 0 fully saturated rings. The Morgan fingerprint density at radius 2 is 1.70 bits per heavy atom. The molecule has 3 N–H and O–H groups in total. The highest BCUT2D eigenvalue weighted by Gasteiger charge is 2.25. The maximum absolute atomic E-state index is 13.6. The van der Waals surface area contributed by atoms with Crippen LogP contribution in [0.1, 0.15) is 41.5 Å². The number of carbonyl (C=O) groups is 2. The molecule has 2 heterocycles. The molecule has 0 aliphatic carbocycles. The van der Waals surface area contributed by atoms with E-state index in [2.05, 4.69) is 36.4 Å². The van der Waals surface area contributed by atoms with Crippen LogP contribution in [0.4, 0.5) is 4.39 Å². The van der Waals surface area contributed by atoms with Gasteiger partial charge in [-0.15, -0.1) is 0 Å². The topological polar surface area (TPSA) is 87.1 Å². The van der Waals surface area contributed by atoms with Crippen molar-refractivity contribution in [2.75, 3.05) is 13.6 Å². The third-order valence-corrected chi connectivity index (χ3v) is 6.27. The third kappa shape index (κ3) is 4.60. The molecule has 0 saturated carbocycles. The zero-order valence-electron chi connectivity index (χ0n) is 21.2. The summed E-state index contributed by atoms with van der Waals surface area (Å²) in [5.74, 6) is -0.463. The summed E-state index contributed by atoms with van der Waals surface area (Å²) in [6, 6.07) is 17.1. The fourth-order valence-electron chi connectivity index (χ4n) is 4.44. The van der Waals surface area contributed by atoms with Crippen LogP contribution < -0.4 is 10.6 Å². The van der Waals surface area contributed by atoms with Gasteiger partial charge in [-0.3, -0.25) is 9.59 Å². The largest absolute Gasteiger partial charge is 0.454 e. The van der Waals surface area contributed by atoms with Gasteiger partial charge in [0.05, 0.1) is 11.1 Å². The molecule has 3 aromatic carbocycles. The number of amides is 2. The van der Waals surface area contributed by atoms with E-state index in [0.717, 1.165) is 22.0 Å². The number of hydrogen-bond donors (Lipinski definition) is 3. The Morgan fingerprint density at radius 1 is 0.946 bits per heavy atom. The van der Waals surface area contributed by atoms with Crippen LogP contribution in [0.5, 0.6) is 0 Å². The average Bonchev–Trinajstić information content (AvgIpc) is 3.51. The first-order chi connectivity index (χ1) is 17.7. The van der Waals surface area contributed by atoms with E-state index in [1.54, 1.807) is 25.2 Å². The summed E-state index contributed by atoms with van der Waals surface area (Å²) in [7, 11) is 1.56. The summed E-state index contributed by atoms with van der Waals surface area (Å²) < 4.78 is 19.9. The second-order valence-corrected chi connectivity index (χ2v) is 10.3. The zero-order valence-corrected chi connectivity index (χ0v) is 21.2. The minimum atomic E-state index is -0.372. The number of H-pyrrole nitrogens is 1. The quantitative estimate of drug-likeness (QED) is 0.258. The van der Waals surface area contributed by atoms with E-state index in [1.165, 1.54) is 12.1 Å². The first kappa shape index (κ1) is 24.3. The van der Waals surface area contributed by atoms with Gasteiger partial charge in [-0.25, -0.2) is 4.39 Å². The van der Waals surface area contributed by atoms with Crippen LogP contribution in [0.3, 0.4) is 0 Å². The van der Waals surface area contributed by atoms with E-state index in [9.17, 15) is 14.0 Å². The van der Waals surface area contributed by atoms with Gasteiger partial charge in [0.15, 0.2) is 0 Å². The van der Waals surface area contributed by atoms with Gasteiger partial charge in [0.2, 0.25) is 0 Å². The number of hydrogen-bond acceptors (Lipinski definition) is 3. The van der Waals surface area contributed by atoms with Crippen LogP contribution in [0.25, 0.3) is 44.3 Å². The fourth-order valence-corrected chi connectivity index (χ4v) is 4.44. The van der Waals surface area contributed by atoms with Gasteiger partial charge in [-0.1, -0.05) is 32.9 Å². The van der Waals surface area contributed by atoms with Gasteiger partial charge in [0.1, 0.15) is 17.2 Å². The Kier molecular flexibility index (Phi) is 6.07. The SMILES string of the molecule is CNC(=O)c1c(-c2ccc(F)cc2)oc2c1cc(-c1cccc(C(=O)NCC(C)(C)C)c1)c1[nH]ccc12. The van der Waals surface area contributed by atoms with Gasteiger partial charge < -0.3 is 20.0 Å². The van der Waals surface area contributed by atoms with Crippen LogP contribution in [0, 0.1) is 11.2 Å². The lowest BCUT2D eigenvalue weighted by Crippen LogP contribution is -2.32. The van der Waals surface area contributed by atoms with Crippen molar-refractivity contribution in [3.8, 4) is 22.5 Å². The zero-order chi connectivity index (χ0) is 26.3. The summed E-state index contributed by atoms with van der Waals surface area (Å²) >= 11 is 0. The fraction of sp³-hybridized carbons (Fsp3) is 0.200. The molecule has 5 aromatic rings. The standard InChI is InChI=1S/C30H28FN3O3/c1-30(2,3)16-34-28(35)19-7-5-6-18(14-19)22-15-23-24(29(36)32-4)26(17-8-10-20(31)11-9-17)37-27(23)21-12-13-33-25(21)22/h5-15,33H,16H2,1-4H3,(H,32,36)(H,34,35). The van der Waals surface area contributed by atoms with Crippen molar-refractivity contribution in [1.82, 2.24) is 15.6 Å². The number of halogens is 1. The molecule has 0 saturated heterocycles. The van der Waals surface area contributed by atoms with Crippen LogP contribution in [0.2, 0.25) is 0 Å². The minimum absolute atomic E-state index is 0.0333. The van der Waals surface area contributed by atoms with Gasteiger partial charge in [0.25, 0.3) is 11.8 Å². The van der Waals surface area contributed by atoms with E-state index in [1.807, 2.05) is 36.5 Å². The Hall–Kier alpha value is -4.39. The van der Waals surface area contributed by atoms with E-state index in [4.69, 9.17) is 4.42 Å². The predicted octanol–water partition coefficient (Wildman–Crippen LogP) is 6.52. The van der Waals surface area contributed by atoms with Crippen molar-refractivity contribution in [1.29, 1.82) is 0 Å². The maximum atomic E-state index is 13.6. The molecule has 0 atom stereocenters. The first-order valence-electron chi connectivity index (χ1n) is 12.1. The Labute approximate surface area is 213 Å². The smallest absolute Gasteiger partial charge is 0.255 e. The molecule has 37 heavy (non-hydrogen) atoms. The van der Waals surface area contributed by atoms with Gasteiger partial charge in [-0.2, -0.15) is 0 Å². The lowest BCUT2D eigenvalue weighted by atomic mass is 9.95. The van der Waals surface area contributed by atoms with Crippen molar-refractivity contribution in [3.05, 3.63) is 83.8 Å². The Morgan fingerprint density at radius 3 is 2.41 bits per heavy atom. The lowest BCUT2D eigenvalue weighted by Gasteiger charge is -2.18. The second-order valence-electron chi connectivity index (χ2n) is 10.3. The van der Waals surface area contributed by atoms with E-state index in [-0.39, 0.29) is 23.0 Å². The van der Waals surface area contributed by atoms with Gasteiger partial charge >= 0.3 is 0 Å². The molecule has 0 aliphatic rings. The van der Waals surface area contributed by atoms with Crippen molar-refractivity contribution in [2.45, 2.75) is 20.8 Å².